The van der Waals surface area contributed by atoms with Gasteiger partial charge in [0, 0.05) is 6.54 Å². The van der Waals surface area contributed by atoms with Gasteiger partial charge in [-0.2, -0.15) is 0 Å². The second-order valence-corrected chi connectivity index (χ2v) is 5.75. The number of ether oxygens (including phenoxy) is 1. The quantitative estimate of drug-likeness (QED) is 0.725. The monoisotopic (exact) mass is 312 g/mol. The van der Waals surface area contributed by atoms with Gasteiger partial charge in [0.2, 0.25) is 0 Å². The minimum Gasteiger partial charge on any atom is -0.494 e. The number of methoxy groups -OCH3 is 1. The number of carbonyl (C=O) groups is 1. The summed E-state index contributed by atoms with van der Waals surface area (Å²) < 4.78 is 18.3. The van der Waals surface area contributed by atoms with Crippen molar-refractivity contribution < 1.29 is 19.0 Å². The molecular formula is C16H25FN2O3. The Morgan fingerprint density at radius 3 is 2.64 bits per heavy atom. The molecule has 1 aromatic rings. The Balaban J connectivity index is 2.50. The van der Waals surface area contributed by atoms with E-state index in [1.165, 1.54) is 13.2 Å². The van der Waals surface area contributed by atoms with E-state index in [9.17, 15) is 14.3 Å². The zero-order valence-corrected chi connectivity index (χ0v) is 13.5. The second kappa shape index (κ2) is 8.58. The van der Waals surface area contributed by atoms with E-state index in [1.54, 1.807) is 19.1 Å². The Labute approximate surface area is 130 Å². The summed E-state index contributed by atoms with van der Waals surface area (Å²) >= 11 is 0. The van der Waals surface area contributed by atoms with Gasteiger partial charge in [-0.25, -0.2) is 9.18 Å². The average molecular weight is 312 g/mol. The van der Waals surface area contributed by atoms with E-state index in [1.807, 2.05) is 13.8 Å². The van der Waals surface area contributed by atoms with Crippen LogP contribution in [0.25, 0.3) is 0 Å². The third-order valence-electron chi connectivity index (χ3n) is 3.26. The first-order valence-electron chi connectivity index (χ1n) is 7.39. The average Bonchev–Trinajstić information content (AvgIpc) is 2.44. The number of amides is 2. The Hall–Kier alpha value is -1.82. The molecule has 0 saturated heterocycles. The maximum atomic E-state index is 13.4. The highest BCUT2D eigenvalue weighted by Crippen LogP contribution is 2.22. The smallest absolute Gasteiger partial charge is 0.315 e. The first-order chi connectivity index (χ1) is 10.3. The fourth-order valence-corrected chi connectivity index (χ4v) is 2.11. The number of nitrogens with one attached hydrogen (secondary N) is 2. The summed E-state index contributed by atoms with van der Waals surface area (Å²) in [5.74, 6) is 0.0593. The van der Waals surface area contributed by atoms with Gasteiger partial charge in [-0.05, 0) is 37.0 Å². The van der Waals surface area contributed by atoms with Crippen molar-refractivity contribution in [1.29, 1.82) is 0 Å². The van der Waals surface area contributed by atoms with Gasteiger partial charge in [-0.15, -0.1) is 0 Å². The van der Waals surface area contributed by atoms with Gasteiger partial charge in [0.25, 0.3) is 0 Å². The molecule has 124 valence electrons. The third-order valence-corrected chi connectivity index (χ3v) is 3.26. The summed E-state index contributed by atoms with van der Waals surface area (Å²) in [6, 6.07) is 3.76. The Kier molecular flexibility index (Phi) is 7.11. The SMILES string of the molecule is COc1cc(C(C)NC(=O)NCC(O)CC(C)C)ccc1F. The van der Waals surface area contributed by atoms with Gasteiger partial charge in [0.1, 0.15) is 0 Å². The Morgan fingerprint density at radius 2 is 2.05 bits per heavy atom. The van der Waals surface area contributed by atoms with E-state index in [0.29, 0.717) is 12.3 Å². The molecule has 0 heterocycles. The number of aliphatic hydroxyl groups excluding tert-OH is 1. The van der Waals surface area contributed by atoms with Crippen molar-refractivity contribution in [1.82, 2.24) is 10.6 Å². The predicted octanol–water partition coefficient (Wildman–Crippen LogP) is 2.60. The van der Waals surface area contributed by atoms with Crippen LogP contribution in [0, 0.1) is 11.7 Å². The number of benzene rings is 1. The van der Waals surface area contributed by atoms with Crippen molar-refractivity contribution in [2.24, 2.45) is 5.92 Å². The van der Waals surface area contributed by atoms with Crippen LogP contribution in [-0.2, 0) is 0 Å². The highest BCUT2D eigenvalue weighted by molar-refractivity contribution is 5.74. The van der Waals surface area contributed by atoms with Crippen LogP contribution < -0.4 is 15.4 Å². The van der Waals surface area contributed by atoms with Gasteiger partial charge in [0.15, 0.2) is 11.6 Å². The molecule has 0 bridgehead atoms. The minimum absolute atomic E-state index is 0.138. The minimum atomic E-state index is -0.563. The van der Waals surface area contributed by atoms with Gasteiger partial charge < -0.3 is 20.5 Å². The van der Waals surface area contributed by atoms with E-state index in [0.717, 1.165) is 5.56 Å². The molecule has 22 heavy (non-hydrogen) atoms. The van der Waals surface area contributed by atoms with Crippen molar-refractivity contribution in [2.75, 3.05) is 13.7 Å². The molecule has 0 aliphatic rings. The number of urea groups is 1. The summed E-state index contributed by atoms with van der Waals surface area (Å²) in [4.78, 5) is 11.8. The molecule has 3 N–H and O–H groups in total. The summed E-state index contributed by atoms with van der Waals surface area (Å²) in [7, 11) is 1.39. The lowest BCUT2D eigenvalue weighted by Gasteiger charge is -2.18. The van der Waals surface area contributed by atoms with Crippen LogP contribution in [0.2, 0.25) is 0 Å². The van der Waals surface area contributed by atoms with Crippen molar-refractivity contribution in [2.45, 2.75) is 39.3 Å². The topological polar surface area (TPSA) is 70.6 Å². The molecule has 2 unspecified atom stereocenters. The lowest BCUT2D eigenvalue weighted by atomic mass is 10.1. The fourth-order valence-electron chi connectivity index (χ4n) is 2.11. The van der Waals surface area contributed by atoms with Crippen LogP contribution in [0.15, 0.2) is 18.2 Å². The maximum Gasteiger partial charge on any atom is 0.315 e. The number of rotatable bonds is 7. The number of hydrogen-bond acceptors (Lipinski definition) is 3. The molecule has 2 amide bonds. The molecule has 0 aliphatic heterocycles. The summed E-state index contributed by atoms with van der Waals surface area (Å²) in [5, 5.41) is 15.1. The van der Waals surface area contributed by atoms with E-state index in [4.69, 9.17) is 4.74 Å². The molecule has 6 heteroatoms. The Bertz CT molecular complexity index is 494. The molecule has 0 saturated carbocycles. The van der Waals surface area contributed by atoms with Crippen molar-refractivity contribution in [3.63, 3.8) is 0 Å². The third kappa shape index (κ3) is 5.89. The molecule has 0 aromatic heterocycles. The first-order valence-corrected chi connectivity index (χ1v) is 7.39. The lowest BCUT2D eigenvalue weighted by molar-refractivity contribution is 0.146. The van der Waals surface area contributed by atoms with Crippen LogP contribution in [0.4, 0.5) is 9.18 Å². The van der Waals surface area contributed by atoms with Crippen molar-refractivity contribution >= 4 is 6.03 Å². The van der Waals surface area contributed by atoms with Crippen LogP contribution in [0.5, 0.6) is 5.75 Å². The Morgan fingerprint density at radius 1 is 1.36 bits per heavy atom. The van der Waals surface area contributed by atoms with Crippen LogP contribution in [0.3, 0.4) is 0 Å². The number of hydrogen-bond donors (Lipinski definition) is 3. The molecule has 0 radical (unpaired) electrons. The zero-order chi connectivity index (χ0) is 16.7. The molecule has 0 spiro atoms. The zero-order valence-electron chi connectivity index (χ0n) is 13.5. The first kappa shape index (κ1) is 18.2. The van der Waals surface area contributed by atoms with Gasteiger partial charge in [-0.3, -0.25) is 0 Å². The van der Waals surface area contributed by atoms with Crippen LogP contribution >= 0.6 is 0 Å². The maximum absolute atomic E-state index is 13.4. The van der Waals surface area contributed by atoms with Crippen LogP contribution in [-0.4, -0.2) is 30.9 Å². The fraction of sp³-hybridized carbons (Fsp3) is 0.562. The molecule has 0 aliphatic carbocycles. The summed E-state index contributed by atoms with van der Waals surface area (Å²) in [6.07, 6.45) is 0.0670. The van der Waals surface area contributed by atoms with Gasteiger partial charge >= 0.3 is 6.03 Å². The molecular weight excluding hydrogens is 287 g/mol. The molecule has 5 nitrogen and oxygen atoms in total. The molecule has 0 fully saturated rings. The lowest BCUT2D eigenvalue weighted by Crippen LogP contribution is -2.41. The van der Waals surface area contributed by atoms with Crippen LogP contribution in [0.1, 0.15) is 38.8 Å². The normalized spacial score (nSPS) is 13.6. The summed E-state index contributed by atoms with van der Waals surface area (Å²) in [5.41, 5.74) is 0.733. The van der Waals surface area contributed by atoms with E-state index < -0.39 is 11.9 Å². The van der Waals surface area contributed by atoms with Crippen molar-refractivity contribution in [3.05, 3.63) is 29.6 Å². The number of aliphatic hydroxyl groups is 1. The van der Waals surface area contributed by atoms with Crippen molar-refractivity contribution in [3.8, 4) is 5.75 Å². The predicted molar refractivity (Wildman–Crippen MR) is 83.4 cm³/mol. The van der Waals surface area contributed by atoms with Gasteiger partial charge in [-0.1, -0.05) is 19.9 Å². The molecule has 1 rings (SSSR count). The standard InChI is InChI=1S/C16H25FN2O3/c1-10(2)7-13(20)9-18-16(21)19-11(3)12-5-6-14(17)15(8-12)22-4/h5-6,8,10-11,13,20H,7,9H2,1-4H3,(H2,18,19,21). The summed E-state index contributed by atoms with van der Waals surface area (Å²) in [6.45, 7) is 6.00. The molecule has 1 aromatic carbocycles. The van der Waals surface area contributed by atoms with E-state index in [2.05, 4.69) is 10.6 Å². The van der Waals surface area contributed by atoms with E-state index in [-0.39, 0.29) is 24.4 Å². The number of carbonyl (C=O) groups excluding carboxylic acids is 1. The second-order valence-electron chi connectivity index (χ2n) is 5.75. The van der Waals surface area contributed by atoms with Gasteiger partial charge in [0.05, 0.1) is 19.3 Å². The highest BCUT2D eigenvalue weighted by atomic mass is 19.1. The number of halogens is 1. The largest absolute Gasteiger partial charge is 0.494 e. The molecule has 2 atom stereocenters. The van der Waals surface area contributed by atoms with E-state index >= 15 is 0 Å². The highest BCUT2D eigenvalue weighted by Gasteiger charge is 2.13.